The Morgan fingerprint density at radius 3 is 2.38 bits per heavy atom. The molecule has 0 amide bonds. The fourth-order valence-corrected chi connectivity index (χ4v) is 1.20. The van der Waals surface area contributed by atoms with Crippen molar-refractivity contribution in [2.75, 3.05) is 7.11 Å². The van der Waals surface area contributed by atoms with Crippen LogP contribution in [0.2, 0.25) is 0 Å². The summed E-state index contributed by atoms with van der Waals surface area (Å²) < 4.78 is 4.68. The van der Waals surface area contributed by atoms with Gasteiger partial charge in [0.05, 0.1) is 7.11 Å². The third-order valence-electron chi connectivity index (χ3n) is 2.17. The summed E-state index contributed by atoms with van der Waals surface area (Å²) in [6.07, 6.45) is 0. The Hall–Kier alpha value is -1.55. The number of nitrogens with one attached hydrogen (secondary N) is 1. The van der Waals surface area contributed by atoms with Crippen LogP contribution in [0.5, 0.6) is 5.75 Å². The molecule has 0 spiro atoms. The molecule has 0 saturated heterocycles. The molecule has 1 atom stereocenters. The zero-order valence-electron chi connectivity index (χ0n) is 9.77. The SMILES string of the molecule is COC(=O)C(NOc1ccccc1)C(C)C. The van der Waals surface area contributed by atoms with Gasteiger partial charge < -0.3 is 9.57 Å². The van der Waals surface area contributed by atoms with E-state index in [9.17, 15) is 4.79 Å². The first kappa shape index (κ1) is 12.5. The molecule has 4 heteroatoms. The van der Waals surface area contributed by atoms with Crippen molar-refractivity contribution in [1.29, 1.82) is 0 Å². The van der Waals surface area contributed by atoms with E-state index in [1.54, 1.807) is 0 Å². The Labute approximate surface area is 95.5 Å². The van der Waals surface area contributed by atoms with Crippen LogP contribution in [0.3, 0.4) is 0 Å². The van der Waals surface area contributed by atoms with E-state index >= 15 is 0 Å². The molecule has 88 valence electrons. The monoisotopic (exact) mass is 223 g/mol. The molecule has 0 heterocycles. The van der Waals surface area contributed by atoms with Crippen molar-refractivity contribution in [1.82, 2.24) is 5.48 Å². The zero-order valence-corrected chi connectivity index (χ0v) is 9.77. The zero-order chi connectivity index (χ0) is 12.0. The van der Waals surface area contributed by atoms with Crippen molar-refractivity contribution in [3.63, 3.8) is 0 Å². The van der Waals surface area contributed by atoms with Crippen LogP contribution >= 0.6 is 0 Å². The molecule has 1 aromatic carbocycles. The van der Waals surface area contributed by atoms with Gasteiger partial charge in [0.15, 0.2) is 0 Å². The van der Waals surface area contributed by atoms with Crippen molar-refractivity contribution < 1.29 is 14.4 Å². The minimum Gasteiger partial charge on any atom is -0.468 e. The molecule has 16 heavy (non-hydrogen) atoms. The Morgan fingerprint density at radius 1 is 1.25 bits per heavy atom. The summed E-state index contributed by atoms with van der Waals surface area (Å²) in [5.74, 6) is 0.430. The first-order valence-electron chi connectivity index (χ1n) is 5.20. The summed E-state index contributed by atoms with van der Waals surface area (Å²) in [5, 5.41) is 0. The van der Waals surface area contributed by atoms with E-state index in [-0.39, 0.29) is 11.9 Å². The van der Waals surface area contributed by atoms with Gasteiger partial charge >= 0.3 is 5.97 Å². The molecule has 0 fully saturated rings. The first-order chi connectivity index (χ1) is 7.65. The maximum absolute atomic E-state index is 11.4. The van der Waals surface area contributed by atoms with Crippen molar-refractivity contribution in [3.8, 4) is 5.75 Å². The lowest BCUT2D eigenvalue weighted by Gasteiger charge is -2.19. The molecule has 1 N–H and O–H groups in total. The van der Waals surface area contributed by atoms with Crippen molar-refractivity contribution in [2.24, 2.45) is 5.92 Å². The molecule has 0 aliphatic carbocycles. The Balaban J connectivity index is 2.54. The maximum Gasteiger partial charge on any atom is 0.326 e. The lowest BCUT2D eigenvalue weighted by Crippen LogP contribution is -2.43. The molecule has 0 saturated carbocycles. The van der Waals surface area contributed by atoms with E-state index in [0.717, 1.165) is 0 Å². The molecule has 0 aliphatic heterocycles. The average Bonchev–Trinajstić information content (AvgIpc) is 2.30. The van der Waals surface area contributed by atoms with Gasteiger partial charge in [-0.25, -0.2) is 0 Å². The summed E-state index contributed by atoms with van der Waals surface area (Å²) in [5.41, 5.74) is 2.71. The largest absolute Gasteiger partial charge is 0.468 e. The molecule has 1 unspecified atom stereocenters. The Kier molecular flexibility index (Phi) is 4.79. The van der Waals surface area contributed by atoms with Crippen LogP contribution in [-0.4, -0.2) is 19.1 Å². The third-order valence-corrected chi connectivity index (χ3v) is 2.17. The van der Waals surface area contributed by atoms with Gasteiger partial charge in [0.1, 0.15) is 11.8 Å². The highest BCUT2D eigenvalue weighted by Crippen LogP contribution is 2.09. The average molecular weight is 223 g/mol. The molecular weight excluding hydrogens is 206 g/mol. The molecule has 0 aliphatic rings. The molecule has 4 nitrogen and oxygen atoms in total. The molecule has 0 aromatic heterocycles. The molecular formula is C12H17NO3. The highest BCUT2D eigenvalue weighted by Gasteiger charge is 2.23. The number of benzene rings is 1. The number of hydrogen-bond donors (Lipinski definition) is 1. The second-order valence-corrected chi connectivity index (χ2v) is 3.78. The van der Waals surface area contributed by atoms with Gasteiger partial charge in [0.25, 0.3) is 0 Å². The van der Waals surface area contributed by atoms with Crippen LogP contribution in [0.1, 0.15) is 13.8 Å². The van der Waals surface area contributed by atoms with E-state index in [1.807, 2.05) is 44.2 Å². The normalized spacial score (nSPS) is 12.2. The Morgan fingerprint density at radius 2 is 1.88 bits per heavy atom. The van der Waals surface area contributed by atoms with Crippen LogP contribution in [-0.2, 0) is 9.53 Å². The van der Waals surface area contributed by atoms with Crippen LogP contribution in [0.25, 0.3) is 0 Å². The van der Waals surface area contributed by atoms with Gasteiger partial charge in [-0.3, -0.25) is 4.79 Å². The number of para-hydroxylation sites is 1. The second-order valence-electron chi connectivity index (χ2n) is 3.78. The van der Waals surface area contributed by atoms with E-state index in [1.165, 1.54) is 7.11 Å². The number of hydrogen-bond acceptors (Lipinski definition) is 4. The number of ether oxygens (including phenoxy) is 1. The number of hydroxylamine groups is 1. The van der Waals surface area contributed by atoms with E-state index in [0.29, 0.717) is 5.75 Å². The third kappa shape index (κ3) is 3.55. The summed E-state index contributed by atoms with van der Waals surface area (Å²) in [4.78, 5) is 16.7. The predicted molar refractivity (Wildman–Crippen MR) is 60.8 cm³/mol. The van der Waals surface area contributed by atoms with E-state index < -0.39 is 6.04 Å². The minimum atomic E-state index is -0.467. The smallest absolute Gasteiger partial charge is 0.326 e. The summed E-state index contributed by atoms with van der Waals surface area (Å²) >= 11 is 0. The van der Waals surface area contributed by atoms with Crippen molar-refractivity contribution >= 4 is 5.97 Å². The van der Waals surface area contributed by atoms with Gasteiger partial charge in [-0.15, -0.1) is 5.48 Å². The highest BCUT2D eigenvalue weighted by atomic mass is 16.7. The van der Waals surface area contributed by atoms with Gasteiger partial charge in [-0.1, -0.05) is 32.0 Å². The molecule has 0 radical (unpaired) electrons. The number of esters is 1. The van der Waals surface area contributed by atoms with Crippen LogP contribution < -0.4 is 10.3 Å². The summed E-state index contributed by atoms with van der Waals surface area (Å²) in [6.45, 7) is 3.84. The quantitative estimate of drug-likeness (QED) is 0.610. The van der Waals surface area contributed by atoms with E-state index in [2.05, 4.69) is 10.2 Å². The fraction of sp³-hybridized carbons (Fsp3) is 0.417. The van der Waals surface area contributed by atoms with Crippen molar-refractivity contribution in [2.45, 2.75) is 19.9 Å². The fourth-order valence-electron chi connectivity index (χ4n) is 1.20. The van der Waals surface area contributed by atoms with Gasteiger partial charge in [0.2, 0.25) is 0 Å². The first-order valence-corrected chi connectivity index (χ1v) is 5.20. The lowest BCUT2D eigenvalue weighted by molar-refractivity contribution is -0.146. The van der Waals surface area contributed by atoms with Gasteiger partial charge in [0, 0.05) is 0 Å². The number of rotatable bonds is 5. The topological polar surface area (TPSA) is 47.6 Å². The predicted octanol–water partition coefficient (Wildman–Crippen LogP) is 1.77. The van der Waals surface area contributed by atoms with Gasteiger partial charge in [-0.05, 0) is 18.1 Å². The molecule has 1 rings (SSSR count). The van der Waals surface area contributed by atoms with Gasteiger partial charge in [-0.2, -0.15) is 0 Å². The van der Waals surface area contributed by atoms with Crippen LogP contribution in [0.4, 0.5) is 0 Å². The summed E-state index contributed by atoms with van der Waals surface area (Å²) in [6, 6.07) is 8.76. The van der Waals surface area contributed by atoms with E-state index in [4.69, 9.17) is 4.84 Å². The lowest BCUT2D eigenvalue weighted by atomic mass is 10.1. The van der Waals surface area contributed by atoms with Crippen molar-refractivity contribution in [3.05, 3.63) is 30.3 Å². The molecule has 0 bridgehead atoms. The van der Waals surface area contributed by atoms with Crippen LogP contribution in [0, 0.1) is 5.92 Å². The maximum atomic E-state index is 11.4. The summed E-state index contributed by atoms with van der Waals surface area (Å²) in [7, 11) is 1.36. The second kappa shape index (κ2) is 6.12. The Bertz CT molecular complexity index is 324. The van der Waals surface area contributed by atoms with Crippen LogP contribution in [0.15, 0.2) is 30.3 Å². The number of methoxy groups -OCH3 is 1. The molecule has 1 aromatic rings. The number of carbonyl (C=O) groups is 1. The number of carbonyl (C=O) groups excluding carboxylic acids is 1. The standard InChI is InChI=1S/C12H17NO3/c1-9(2)11(12(14)15-3)13-16-10-7-5-4-6-8-10/h4-9,11,13H,1-3H3. The minimum absolute atomic E-state index is 0.0937. The highest BCUT2D eigenvalue weighted by molar-refractivity contribution is 5.75.